The molecule has 0 spiro atoms. The number of aryl methyl sites for hydroxylation is 3. The van der Waals surface area contributed by atoms with Crippen molar-refractivity contribution in [1.29, 1.82) is 0 Å². The fourth-order valence-corrected chi connectivity index (χ4v) is 3.72. The number of carbonyl (C=O) groups excluding carboxylic acids is 1. The molecule has 154 valence electrons. The monoisotopic (exact) mass is 423 g/mol. The third-order valence-corrected chi connectivity index (χ3v) is 5.65. The van der Waals surface area contributed by atoms with Crippen LogP contribution in [0.5, 0.6) is 0 Å². The first-order valence-corrected chi connectivity index (χ1v) is 10.5. The van der Waals surface area contributed by atoms with Crippen LogP contribution in [0.25, 0.3) is 11.1 Å². The molecule has 4 aromatic rings. The first kappa shape index (κ1) is 20.1. The number of furan rings is 1. The molecule has 1 aromatic carbocycles. The maximum atomic E-state index is 12.7. The van der Waals surface area contributed by atoms with Crippen molar-refractivity contribution in [2.45, 2.75) is 44.5 Å². The highest BCUT2D eigenvalue weighted by molar-refractivity contribution is 7.99. The lowest BCUT2D eigenvalue weighted by molar-refractivity contribution is 0.102. The molecule has 1 N–H and O–H groups in total. The van der Waals surface area contributed by atoms with Gasteiger partial charge in [-0.15, -0.1) is 0 Å². The van der Waals surface area contributed by atoms with E-state index in [0.29, 0.717) is 45.8 Å². The minimum atomic E-state index is -0.248. The smallest absolute Gasteiger partial charge is 0.256 e. The van der Waals surface area contributed by atoms with Crippen molar-refractivity contribution < 1.29 is 13.7 Å². The molecule has 0 bridgehead atoms. The van der Waals surface area contributed by atoms with E-state index in [1.54, 1.807) is 12.1 Å². The Morgan fingerprint density at radius 2 is 1.93 bits per heavy atom. The van der Waals surface area contributed by atoms with E-state index in [0.717, 1.165) is 11.3 Å². The predicted molar refractivity (Wildman–Crippen MR) is 114 cm³/mol. The van der Waals surface area contributed by atoms with E-state index in [9.17, 15) is 4.79 Å². The number of fused-ring (bicyclic) bond motifs is 1. The van der Waals surface area contributed by atoms with E-state index >= 15 is 0 Å². The SMILES string of the molecule is CCc1noc(C(C)Sc2nc(NC(=O)c3ccccc3)c3c(C)c(C)oc3n2)n1. The zero-order valence-electron chi connectivity index (χ0n) is 17.1. The molecule has 0 aliphatic carbocycles. The number of rotatable bonds is 6. The second-order valence-electron chi connectivity index (χ2n) is 6.80. The van der Waals surface area contributed by atoms with Gasteiger partial charge in [0.2, 0.25) is 11.6 Å². The highest BCUT2D eigenvalue weighted by Crippen LogP contribution is 2.36. The topological polar surface area (TPSA) is 107 Å². The summed E-state index contributed by atoms with van der Waals surface area (Å²) in [6.45, 7) is 7.68. The number of anilines is 1. The van der Waals surface area contributed by atoms with Gasteiger partial charge in [0.1, 0.15) is 11.6 Å². The summed E-state index contributed by atoms with van der Waals surface area (Å²) >= 11 is 1.36. The van der Waals surface area contributed by atoms with Crippen molar-refractivity contribution in [3.05, 3.63) is 58.9 Å². The van der Waals surface area contributed by atoms with Crippen molar-refractivity contribution in [3.63, 3.8) is 0 Å². The number of amides is 1. The lowest BCUT2D eigenvalue weighted by Gasteiger charge is -2.09. The van der Waals surface area contributed by atoms with Gasteiger partial charge in [-0.25, -0.2) is 4.98 Å². The molecular weight excluding hydrogens is 402 g/mol. The third kappa shape index (κ3) is 3.93. The summed E-state index contributed by atoms with van der Waals surface area (Å²) in [5.41, 5.74) is 1.86. The van der Waals surface area contributed by atoms with Crippen LogP contribution in [0.3, 0.4) is 0 Å². The summed E-state index contributed by atoms with van der Waals surface area (Å²) in [6.07, 6.45) is 0.698. The number of carbonyl (C=O) groups is 1. The minimum Gasteiger partial charge on any atom is -0.443 e. The second kappa shape index (κ2) is 8.27. The zero-order chi connectivity index (χ0) is 21.3. The van der Waals surface area contributed by atoms with Crippen molar-refractivity contribution in [3.8, 4) is 0 Å². The van der Waals surface area contributed by atoms with Crippen molar-refractivity contribution >= 4 is 34.6 Å². The molecule has 0 aliphatic rings. The van der Waals surface area contributed by atoms with Gasteiger partial charge in [-0.2, -0.15) is 9.97 Å². The molecule has 9 heteroatoms. The number of aromatic nitrogens is 4. The predicted octanol–water partition coefficient (Wildman–Crippen LogP) is 4.89. The van der Waals surface area contributed by atoms with Crippen LogP contribution in [0.4, 0.5) is 5.82 Å². The molecule has 0 radical (unpaired) electrons. The molecule has 0 saturated heterocycles. The third-order valence-electron chi connectivity index (χ3n) is 4.71. The van der Waals surface area contributed by atoms with Crippen molar-refractivity contribution in [2.75, 3.05) is 5.32 Å². The Balaban J connectivity index is 1.68. The minimum absolute atomic E-state index is 0.162. The quantitative estimate of drug-likeness (QED) is 0.345. The van der Waals surface area contributed by atoms with E-state index in [-0.39, 0.29) is 11.2 Å². The fraction of sp³-hybridized carbons (Fsp3) is 0.286. The normalized spacial score (nSPS) is 12.3. The van der Waals surface area contributed by atoms with Crippen LogP contribution >= 0.6 is 11.8 Å². The molecule has 1 atom stereocenters. The van der Waals surface area contributed by atoms with E-state index in [1.165, 1.54) is 11.8 Å². The molecule has 3 aromatic heterocycles. The van der Waals surface area contributed by atoms with Gasteiger partial charge >= 0.3 is 0 Å². The standard InChI is InChI=1S/C21H21N5O3S/c1-5-15-22-19(29-26-15)13(4)30-21-24-17(16-11(2)12(3)28-20(16)25-21)23-18(27)14-9-7-6-8-10-14/h6-10,13H,5H2,1-4H3,(H,23,24,25,27). The van der Waals surface area contributed by atoms with Gasteiger partial charge in [0.05, 0.1) is 10.6 Å². The molecule has 4 rings (SSSR count). The van der Waals surface area contributed by atoms with Crippen LogP contribution in [0, 0.1) is 13.8 Å². The van der Waals surface area contributed by atoms with Crippen LogP contribution < -0.4 is 5.32 Å². The number of nitrogens with one attached hydrogen (secondary N) is 1. The molecule has 1 amide bonds. The molecule has 3 heterocycles. The van der Waals surface area contributed by atoms with Crippen molar-refractivity contribution in [1.82, 2.24) is 20.1 Å². The lowest BCUT2D eigenvalue weighted by atomic mass is 10.2. The molecular formula is C21H21N5O3S. The molecule has 0 fully saturated rings. The van der Waals surface area contributed by atoms with Gasteiger partial charge in [0.25, 0.3) is 5.91 Å². The second-order valence-corrected chi connectivity index (χ2v) is 8.11. The summed E-state index contributed by atoms with van der Waals surface area (Å²) in [5, 5.41) is 7.82. The number of hydrogen-bond donors (Lipinski definition) is 1. The Morgan fingerprint density at radius 1 is 1.17 bits per heavy atom. The summed E-state index contributed by atoms with van der Waals surface area (Å²) in [5.74, 6) is 2.05. The van der Waals surface area contributed by atoms with Gasteiger partial charge in [-0.3, -0.25) is 4.79 Å². The maximum Gasteiger partial charge on any atom is 0.256 e. The Morgan fingerprint density at radius 3 is 2.63 bits per heavy atom. The van der Waals surface area contributed by atoms with Gasteiger partial charge in [0, 0.05) is 17.5 Å². The average Bonchev–Trinajstić information content (AvgIpc) is 3.33. The largest absolute Gasteiger partial charge is 0.443 e. The summed E-state index contributed by atoms with van der Waals surface area (Å²) in [6, 6.07) is 8.99. The molecule has 8 nitrogen and oxygen atoms in total. The van der Waals surface area contributed by atoms with E-state index in [4.69, 9.17) is 8.94 Å². The first-order chi connectivity index (χ1) is 14.5. The fourth-order valence-electron chi connectivity index (χ4n) is 2.93. The van der Waals surface area contributed by atoms with Crippen LogP contribution in [-0.4, -0.2) is 26.0 Å². The van der Waals surface area contributed by atoms with Gasteiger partial charge in [-0.1, -0.05) is 42.0 Å². The van der Waals surface area contributed by atoms with E-state index in [2.05, 4.69) is 25.4 Å². The van der Waals surface area contributed by atoms with Crippen LogP contribution in [-0.2, 0) is 6.42 Å². The molecule has 0 saturated carbocycles. The van der Waals surface area contributed by atoms with Gasteiger partial charge < -0.3 is 14.3 Å². The van der Waals surface area contributed by atoms with Crippen molar-refractivity contribution in [2.24, 2.45) is 0 Å². The number of thioether (sulfide) groups is 1. The molecule has 1 unspecified atom stereocenters. The number of nitrogens with zero attached hydrogens (tertiary/aromatic N) is 4. The Hall–Kier alpha value is -3.20. The lowest BCUT2D eigenvalue weighted by Crippen LogP contribution is -2.14. The van der Waals surface area contributed by atoms with E-state index < -0.39 is 0 Å². The Kier molecular flexibility index (Phi) is 5.54. The molecule has 0 aliphatic heterocycles. The summed E-state index contributed by atoms with van der Waals surface area (Å²) in [7, 11) is 0. The zero-order valence-corrected chi connectivity index (χ0v) is 17.9. The number of benzene rings is 1. The van der Waals surface area contributed by atoms with E-state index in [1.807, 2.05) is 45.9 Å². The molecule has 30 heavy (non-hydrogen) atoms. The van der Waals surface area contributed by atoms with Crippen LogP contribution in [0.15, 0.2) is 44.4 Å². The highest BCUT2D eigenvalue weighted by Gasteiger charge is 2.22. The number of hydrogen-bond acceptors (Lipinski definition) is 8. The maximum absolute atomic E-state index is 12.7. The first-order valence-electron chi connectivity index (χ1n) is 9.59. The Labute approximate surface area is 177 Å². The summed E-state index contributed by atoms with van der Waals surface area (Å²) in [4.78, 5) is 26.2. The summed E-state index contributed by atoms with van der Waals surface area (Å²) < 4.78 is 11.1. The highest BCUT2D eigenvalue weighted by atomic mass is 32.2. The van der Waals surface area contributed by atoms with Gasteiger partial charge in [0.15, 0.2) is 11.0 Å². The van der Waals surface area contributed by atoms with Crippen LogP contribution in [0.1, 0.15) is 52.5 Å². The Bertz CT molecular complexity index is 1200. The van der Waals surface area contributed by atoms with Gasteiger partial charge in [-0.05, 0) is 32.9 Å². The average molecular weight is 423 g/mol. The van der Waals surface area contributed by atoms with Crippen LogP contribution in [0.2, 0.25) is 0 Å².